The molecule has 0 spiro atoms. The summed E-state index contributed by atoms with van der Waals surface area (Å²) in [6.45, 7) is 7.08. The molecule has 1 rings (SSSR count). The number of nitro benzene ring substituents is 1. The maximum absolute atomic E-state index is 11.0. The van der Waals surface area contributed by atoms with Crippen molar-refractivity contribution in [1.82, 2.24) is 0 Å². The van der Waals surface area contributed by atoms with Gasteiger partial charge in [0.2, 0.25) is 0 Å². The van der Waals surface area contributed by atoms with Gasteiger partial charge < -0.3 is 0 Å². The van der Waals surface area contributed by atoms with Gasteiger partial charge in [0, 0.05) is 6.07 Å². The van der Waals surface area contributed by atoms with Crippen LogP contribution in [-0.4, -0.2) is 28.4 Å². The summed E-state index contributed by atoms with van der Waals surface area (Å²) < 4.78 is 0. The molecular weight excluding hydrogens is 250 g/mol. The fourth-order valence-electron chi connectivity index (χ4n) is 1.49. The lowest BCUT2D eigenvalue weighted by Gasteiger charge is -2.18. The molecule has 1 aromatic carbocycles. The third-order valence-corrected chi connectivity index (χ3v) is 2.34. The highest BCUT2D eigenvalue weighted by Gasteiger charge is 2.19. The van der Waals surface area contributed by atoms with E-state index >= 15 is 0 Å². The fourth-order valence-corrected chi connectivity index (χ4v) is 1.49. The Bertz CT molecular complexity index is 490. The van der Waals surface area contributed by atoms with Crippen LogP contribution in [0.1, 0.15) is 0 Å². The summed E-state index contributed by atoms with van der Waals surface area (Å²) in [6, 6.07) is 3.98. The quantitative estimate of drug-likeness (QED) is 0.447. The number of nitrogens with zero attached hydrogens (tertiary/aromatic N) is 3. The van der Waals surface area contributed by atoms with Gasteiger partial charge in [-0.2, -0.15) is 0 Å². The van der Waals surface area contributed by atoms with Crippen LogP contribution in [0.4, 0.5) is 17.1 Å². The van der Waals surface area contributed by atoms with E-state index in [-0.39, 0.29) is 30.2 Å². The van der Waals surface area contributed by atoms with Gasteiger partial charge in [0.05, 0.1) is 23.7 Å². The van der Waals surface area contributed by atoms with Gasteiger partial charge in [0.1, 0.15) is 5.69 Å². The van der Waals surface area contributed by atoms with Crippen molar-refractivity contribution in [2.75, 3.05) is 23.2 Å². The van der Waals surface area contributed by atoms with Gasteiger partial charge in [-0.3, -0.25) is 25.6 Å². The molecule has 2 N–H and O–H groups in total. The van der Waals surface area contributed by atoms with Gasteiger partial charge in [-0.15, -0.1) is 13.2 Å². The predicted octanol–water partition coefficient (Wildman–Crippen LogP) is 2.36. The van der Waals surface area contributed by atoms with Crippen LogP contribution >= 0.6 is 0 Å². The van der Waals surface area contributed by atoms with Crippen molar-refractivity contribution in [2.24, 2.45) is 0 Å². The number of hydroxylamine groups is 2. The molecular formula is C12H15N3O4. The number of benzene rings is 1. The zero-order valence-corrected chi connectivity index (χ0v) is 10.3. The smallest absolute Gasteiger partial charge is 0.288 e. The number of hydrogen-bond acceptors (Lipinski definition) is 6. The van der Waals surface area contributed by atoms with Crippen LogP contribution in [-0.2, 0) is 0 Å². The van der Waals surface area contributed by atoms with Crippen molar-refractivity contribution in [3.05, 3.63) is 53.6 Å². The maximum Gasteiger partial charge on any atom is 0.297 e. The Morgan fingerprint density at radius 2 is 1.79 bits per heavy atom. The SMILES string of the molecule is C=CCN(O)c1ccc(N(O)CC=C)c([N+](=O)[O-])c1. The lowest BCUT2D eigenvalue weighted by Crippen LogP contribution is -2.20. The van der Waals surface area contributed by atoms with Crippen molar-refractivity contribution < 1.29 is 15.3 Å². The van der Waals surface area contributed by atoms with Crippen molar-refractivity contribution in [3.63, 3.8) is 0 Å². The molecule has 0 aliphatic rings. The zero-order chi connectivity index (χ0) is 14.4. The molecule has 0 heterocycles. The minimum absolute atomic E-state index is 0.0284. The van der Waals surface area contributed by atoms with Crippen LogP contribution in [0.3, 0.4) is 0 Å². The Kier molecular flexibility index (Phi) is 5.04. The molecule has 0 atom stereocenters. The molecule has 7 nitrogen and oxygen atoms in total. The molecule has 0 amide bonds. The molecule has 0 unspecified atom stereocenters. The van der Waals surface area contributed by atoms with Crippen LogP contribution in [0.2, 0.25) is 0 Å². The van der Waals surface area contributed by atoms with E-state index < -0.39 is 4.92 Å². The number of rotatable bonds is 7. The summed E-state index contributed by atoms with van der Waals surface area (Å²) in [5.74, 6) is 0. The maximum atomic E-state index is 11.0. The van der Waals surface area contributed by atoms with Gasteiger partial charge >= 0.3 is 0 Å². The van der Waals surface area contributed by atoms with Crippen LogP contribution in [0.25, 0.3) is 0 Å². The van der Waals surface area contributed by atoms with E-state index in [1.54, 1.807) is 0 Å². The van der Waals surface area contributed by atoms with Crippen molar-refractivity contribution in [2.45, 2.75) is 0 Å². The van der Waals surface area contributed by atoms with Crippen molar-refractivity contribution >= 4 is 17.1 Å². The highest BCUT2D eigenvalue weighted by molar-refractivity contribution is 5.68. The van der Waals surface area contributed by atoms with Crippen LogP contribution in [0.15, 0.2) is 43.5 Å². The second-order valence-electron chi connectivity index (χ2n) is 3.67. The molecule has 102 valence electrons. The average molecular weight is 265 g/mol. The molecule has 0 saturated carbocycles. The van der Waals surface area contributed by atoms with Crippen molar-refractivity contribution in [3.8, 4) is 0 Å². The van der Waals surface area contributed by atoms with Gasteiger partial charge in [0.25, 0.3) is 5.69 Å². The minimum Gasteiger partial charge on any atom is -0.288 e. The number of hydrogen-bond donors (Lipinski definition) is 2. The van der Waals surface area contributed by atoms with Crippen molar-refractivity contribution in [1.29, 1.82) is 0 Å². The highest BCUT2D eigenvalue weighted by Crippen LogP contribution is 2.31. The fraction of sp³-hybridized carbons (Fsp3) is 0.167. The summed E-state index contributed by atoms with van der Waals surface area (Å²) in [4.78, 5) is 10.4. The monoisotopic (exact) mass is 265 g/mol. The van der Waals surface area contributed by atoms with Gasteiger partial charge in [-0.05, 0) is 12.1 Å². The topological polar surface area (TPSA) is 90.1 Å². The summed E-state index contributed by atoms with van der Waals surface area (Å²) in [6.07, 6.45) is 2.86. The molecule has 7 heteroatoms. The summed E-state index contributed by atoms with van der Waals surface area (Å²) in [7, 11) is 0. The van der Waals surface area contributed by atoms with Gasteiger partial charge in [0.15, 0.2) is 0 Å². The highest BCUT2D eigenvalue weighted by atomic mass is 16.6. The number of nitro groups is 1. The predicted molar refractivity (Wildman–Crippen MR) is 71.8 cm³/mol. The first-order chi connectivity index (χ1) is 9.01. The van der Waals surface area contributed by atoms with Gasteiger partial charge in [-0.25, -0.2) is 5.06 Å². The molecule has 0 saturated heterocycles. The molecule has 0 bridgehead atoms. The molecule has 0 aliphatic heterocycles. The van der Waals surface area contributed by atoms with Crippen LogP contribution in [0, 0.1) is 10.1 Å². The first-order valence-corrected chi connectivity index (χ1v) is 5.44. The van der Waals surface area contributed by atoms with E-state index in [2.05, 4.69) is 13.2 Å². The summed E-state index contributed by atoms with van der Waals surface area (Å²) in [5, 5.41) is 31.8. The third-order valence-electron chi connectivity index (χ3n) is 2.34. The first-order valence-electron chi connectivity index (χ1n) is 5.44. The van der Waals surface area contributed by atoms with E-state index in [4.69, 9.17) is 0 Å². The second kappa shape index (κ2) is 6.53. The Morgan fingerprint density at radius 3 is 2.32 bits per heavy atom. The number of anilines is 2. The third kappa shape index (κ3) is 3.54. The van der Waals surface area contributed by atoms with E-state index in [1.165, 1.54) is 30.4 Å². The summed E-state index contributed by atoms with van der Waals surface area (Å²) in [5.41, 5.74) is -0.0482. The molecule has 0 fully saturated rings. The lowest BCUT2D eigenvalue weighted by atomic mass is 10.2. The Hall–Kier alpha value is -2.38. The Balaban J connectivity index is 3.17. The van der Waals surface area contributed by atoms with Gasteiger partial charge in [-0.1, -0.05) is 12.2 Å². The minimum atomic E-state index is -0.632. The van der Waals surface area contributed by atoms with Crippen LogP contribution in [0.5, 0.6) is 0 Å². The Morgan fingerprint density at radius 1 is 1.21 bits per heavy atom. The molecule has 0 aliphatic carbocycles. The van der Waals surface area contributed by atoms with E-state index in [0.717, 1.165) is 5.06 Å². The van der Waals surface area contributed by atoms with E-state index in [0.29, 0.717) is 5.06 Å². The lowest BCUT2D eigenvalue weighted by molar-refractivity contribution is -0.384. The van der Waals surface area contributed by atoms with Crippen LogP contribution < -0.4 is 10.1 Å². The zero-order valence-electron chi connectivity index (χ0n) is 10.3. The first kappa shape index (κ1) is 14.7. The second-order valence-corrected chi connectivity index (χ2v) is 3.67. The van der Waals surface area contributed by atoms with E-state index in [1.807, 2.05) is 0 Å². The largest absolute Gasteiger partial charge is 0.297 e. The molecule has 19 heavy (non-hydrogen) atoms. The van der Waals surface area contributed by atoms with E-state index in [9.17, 15) is 20.5 Å². The molecule has 0 aromatic heterocycles. The summed E-state index contributed by atoms with van der Waals surface area (Å²) >= 11 is 0. The molecule has 1 aromatic rings. The standard InChI is InChI=1S/C12H15N3O4/c1-3-7-13(16)10-5-6-11(14(17)8-4-2)12(9-10)15(18)19/h3-6,9,16-17H,1-2,7-8H2. The molecule has 0 radical (unpaired) electrons. The Labute approximate surface area is 110 Å². The normalized spacial score (nSPS) is 9.79. The average Bonchev–Trinajstić information content (AvgIpc) is 2.38.